The zero-order valence-electron chi connectivity index (χ0n) is 6.92. The quantitative estimate of drug-likeness (QED) is 0.691. The van der Waals surface area contributed by atoms with Gasteiger partial charge in [0.25, 0.3) is 0 Å². The Morgan fingerprint density at radius 2 is 2.33 bits per heavy atom. The maximum Gasteiger partial charge on any atom is 0.121 e. The van der Waals surface area contributed by atoms with Gasteiger partial charge in [-0.2, -0.15) is 5.10 Å². The van der Waals surface area contributed by atoms with Gasteiger partial charge in [-0.15, -0.1) is 0 Å². The fraction of sp³-hybridized carbons (Fsp3) is 0.625. The molecule has 0 radical (unpaired) electrons. The van der Waals surface area contributed by atoms with Gasteiger partial charge < -0.3 is 10.1 Å². The van der Waals surface area contributed by atoms with Gasteiger partial charge >= 0.3 is 0 Å². The van der Waals surface area contributed by atoms with Crippen molar-refractivity contribution in [3.63, 3.8) is 0 Å². The maximum absolute atomic E-state index is 5.25. The molecule has 0 aromatic carbocycles. The van der Waals surface area contributed by atoms with Gasteiger partial charge in [-0.3, -0.25) is 5.10 Å². The minimum atomic E-state index is 0.541. The van der Waals surface area contributed by atoms with E-state index in [0.717, 1.165) is 31.9 Å². The summed E-state index contributed by atoms with van der Waals surface area (Å²) >= 11 is 0. The van der Waals surface area contributed by atoms with Gasteiger partial charge in [0, 0.05) is 19.3 Å². The van der Waals surface area contributed by atoms with E-state index in [9.17, 15) is 0 Å². The Bertz CT molecular complexity index is 216. The molecular formula is C8H13N3O. The minimum Gasteiger partial charge on any atom is -0.381 e. The lowest BCUT2D eigenvalue weighted by Gasteiger charge is -2.22. The second-order valence-corrected chi connectivity index (χ2v) is 3.00. The number of nitrogens with one attached hydrogen (secondary N) is 2. The molecule has 2 rings (SSSR count). The van der Waals surface area contributed by atoms with Gasteiger partial charge in [0.15, 0.2) is 0 Å². The summed E-state index contributed by atoms with van der Waals surface area (Å²) in [6.07, 6.45) is 3.92. The third-order valence-electron chi connectivity index (χ3n) is 2.08. The van der Waals surface area contributed by atoms with E-state index in [4.69, 9.17) is 4.74 Å². The van der Waals surface area contributed by atoms with E-state index >= 15 is 0 Å². The van der Waals surface area contributed by atoms with Crippen molar-refractivity contribution in [2.45, 2.75) is 18.9 Å². The lowest BCUT2D eigenvalue weighted by Crippen LogP contribution is -2.27. The van der Waals surface area contributed by atoms with E-state index in [1.165, 1.54) is 0 Å². The van der Waals surface area contributed by atoms with Crippen LogP contribution in [0.4, 0.5) is 5.82 Å². The molecule has 0 unspecified atom stereocenters. The maximum atomic E-state index is 5.25. The fourth-order valence-corrected chi connectivity index (χ4v) is 1.40. The highest BCUT2D eigenvalue weighted by molar-refractivity contribution is 5.32. The highest BCUT2D eigenvalue weighted by atomic mass is 16.5. The average molecular weight is 167 g/mol. The van der Waals surface area contributed by atoms with Gasteiger partial charge in [0.05, 0.1) is 6.20 Å². The summed E-state index contributed by atoms with van der Waals surface area (Å²) in [5.41, 5.74) is 0. The first-order chi connectivity index (χ1) is 5.95. The molecule has 12 heavy (non-hydrogen) atoms. The van der Waals surface area contributed by atoms with Crippen molar-refractivity contribution >= 4 is 5.82 Å². The first kappa shape index (κ1) is 7.61. The number of H-pyrrole nitrogens is 1. The molecule has 1 aliphatic rings. The van der Waals surface area contributed by atoms with Gasteiger partial charge in [0.2, 0.25) is 0 Å². The third kappa shape index (κ3) is 1.76. The van der Waals surface area contributed by atoms with Crippen molar-refractivity contribution < 1.29 is 4.74 Å². The Morgan fingerprint density at radius 3 is 3.00 bits per heavy atom. The van der Waals surface area contributed by atoms with E-state index in [0.29, 0.717) is 6.04 Å². The molecular weight excluding hydrogens is 154 g/mol. The van der Waals surface area contributed by atoms with Crippen LogP contribution in [0.2, 0.25) is 0 Å². The first-order valence-electron chi connectivity index (χ1n) is 4.29. The Morgan fingerprint density at radius 1 is 1.50 bits per heavy atom. The number of aromatic nitrogens is 2. The zero-order chi connectivity index (χ0) is 8.23. The molecule has 0 aliphatic carbocycles. The molecule has 66 valence electrons. The number of hydrogen-bond donors (Lipinski definition) is 2. The van der Waals surface area contributed by atoms with Crippen LogP contribution in [0.3, 0.4) is 0 Å². The number of nitrogens with zero attached hydrogens (tertiary/aromatic N) is 1. The molecule has 4 heteroatoms. The topological polar surface area (TPSA) is 49.9 Å². The molecule has 1 saturated heterocycles. The van der Waals surface area contributed by atoms with Crippen LogP contribution in [0, 0.1) is 0 Å². The number of rotatable bonds is 2. The predicted molar refractivity (Wildman–Crippen MR) is 46.1 cm³/mol. The predicted octanol–water partition coefficient (Wildman–Crippen LogP) is 1.00. The largest absolute Gasteiger partial charge is 0.381 e. The van der Waals surface area contributed by atoms with Crippen LogP contribution in [0.1, 0.15) is 12.8 Å². The molecule has 1 aromatic rings. The molecule has 0 atom stereocenters. The Kier molecular flexibility index (Phi) is 2.27. The molecule has 1 aromatic heterocycles. The summed E-state index contributed by atoms with van der Waals surface area (Å²) in [5.74, 6) is 1.00. The van der Waals surface area contributed by atoms with Gasteiger partial charge in [-0.1, -0.05) is 0 Å². The average Bonchev–Trinajstić information content (AvgIpc) is 2.59. The zero-order valence-corrected chi connectivity index (χ0v) is 6.92. The smallest absolute Gasteiger partial charge is 0.121 e. The monoisotopic (exact) mass is 167 g/mol. The number of aromatic amines is 1. The normalized spacial score (nSPS) is 19.3. The first-order valence-corrected chi connectivity index (χ1v) is 4.29. The summed E-state index contributed by atoms with van der Waals surface area (Å²) in [4.78, 5) is 0. The lowest BCUT2D eigenvalue weighted by atomic mass is 10.1. The molecule has 0 saturated carbocycles. The Hall–Kier alpha value is -1.03. The van der Waals surface area contributed by atoms with Crippen LogP contribution in [0.25, 0.3) is 0 Å². The standard InChI is InChI=1S/C8H13N3O/c1-4-9-11-8(1)10-7-2-5-12-6-3-7/h1,4,7H,2-3,5-6H2,(H2,9,10,11). The number of ether oxygens (including phenoxy) is 1. The summed E-state index contributed by atoms with van der Waals surface area (Å²) in [5, 5.41) is 10.1. The minimum absolute atomic E-state index is 0.541. The van der Waals surface area contributed by atoms with Crippen molar-refractivity contribution in [2.24, 2.45) is 0 Å². The molecule has 0 spiro atoms. The van der Waals surface area contributed by atoms with Crippen LogP contribution < -0.4 is 5.32 Å². The SMILES string of the molecule is c1cc(NC2CCOCC2)[nH]n1. The lowest BCUT2D eigenvalue weighted by molar-refractivity contribution is 0.0904. The second kappa shape index (κ2) is 3.58. The second-order valence-electron chi connectivity index (χ2n) is 3.00. The van der Waals surface area contributed by atoms with Gasteiger partial charge in [-0.25, -0.2) is 0 Å². The molecule has 1 fully saturated rings. The highest BCUT2D eigenvalue weighted by Gasteiger charge is 2.13. The van der Waals surface area contributed by atoms with Gasteiger partial charge in [0.1, 0.15) is 5.82 Å². The van der Waals surface area contributed by atoms with Crippen molar-refractivity contribution in [3.05, 3.63) is 12.3 Å². The van der Waals surface area contributed by atoms with Crippen molar-refractivity contribution in [1.82, 2.24) is 10.2 Å². The molecule has 0 bridgehead atoms. The van der Waals surface area contributed by atoms with Crippen molar-refractivity contribution in [1.29, 1.82) is 0 Å². The third-order valence-corrected chi connectivity index (χ3v) is 2.08. The number of anilines is 1. The molecule has 2 heterocycles. The molecule has 4 nitrogen and oxygen atoms in total. The van der Waals surface area contributed by atoms with Crippen LogP contribution in [0.5, 0.6) is 0 Å². The Balaban J connectivity index is 1.86. The van der Waals surface area contributed by atoms with Crippen molar-refractivity contribution in [3.8, 4) is 0 Å². The van der Waals surface area contributed by atoms with Crippen LogP contribution >= 0.6 is 0 Å². The van der Waals surface area contributed by atoms with Gasteiger partial charge in [-0.05, 0) is 18.9 Å². The highest BCUT2D eigenvalue weighted by Crippen LogP contribution is 2.11. The molecule has 1 aliphatic heterocycles. The van der Waals surface area contributed by atoms with Crippen LogP contribution in [-0.2, 0) is 4.74 Å². The fourth-order valence-electron chi connectivity index (χ4n) is 1.40. The number of hydrogen-bond acceptors (Lipinski definition) is 3. The summed E-state index contributed by atoms with van der Waals surface area (Å²) in [7, 11) is 0. The molecule has 2 N–H and O–H groups in total. The van der Waals surface area contributed by atoms with E-state index in [2.05, 4.69) is 15.5 Å². The van der Waals surface area contributed by atoms with Crippen molar-refractivity contribution in [2.75, 3.05) is 18.5 Å². The van der Waals surface area contributed by atoms with E-state index in [-0.39, 0.29) is 0 Å². The van der Waals surface area contributed by atoms with Crippen LogP contribution in [-0.4, -0.2) is 29.5 Å². The van der Waals surface area contributed by atoms with E-state index in [1.54, 1.807) is 6.20 Å². The van der Waals surface area contributed by atoms with E-state index < -0.39 is 0 Å². The molecule has 0 amide bonds. The Labute approximate surface area is 71.3 Å². The summed E-state index contributed by atoms with van der Waals surface area (Å²) < 4.78 is 5.25. The summed E-state index contributed by atoms with van der Waals surface area (Å²) in [6, 6.07) is 2.48. The van der Waals surface area contributed by atoms with Crippen LogP contribution in [0.15, 0.2) is 12.3 Å². The van der Waals surface area contributed by atoms with E-state index in [1.807, 2.05) is 6.07 Å². The summed E-state index contributed by atoms with van der Waals surface area (Å²) in [6.45, 7) is 1.73.